The van der Waals surface area contributed by atoms with Crippen LogP contribution < -0.4 is 10.6 Å². The zero-order valence-electron chi connectivity index (χ0n) is 78.0. The minimum Gasteiger partial charge on any atom is -0.456 e. The number of carbonyl (C=O) groups is 10. The van der Waals surface area contributed by atoms with E-state index in [-0.39, 0.29) is 113 Å². The predicted molar refractivity (Wildman–Crippen MR) is 468 cm³/mol. The van der Waals surface area contributed by atoms with Crippen LogP contribution in [0.15, 0.2) is 70.9 Å². The number of piperidine rings is 2. The summed E-state index contributed by atoms with van der Waals surface area (Å²) in [7, 11) is 8.97. The minimum atomic E-state index is -2.63. The van der Waals surface area contributed by atoms with Gasteiger partial charge in [-0.1, -0.05) is 101 Å². The van der Waals surface area contributed by atoms with Gasteiger partial charge in [-0.15, -0.1) is 0 Å². The van der Waals surface area contributed by atoms with Crippen molar-refractivity contribution in [3.63, 3.8) is 0 Å². The fraction of sp³-hybridized carbons (Fsp3) is 0.750. The van der Waals surface area contributed by atoms with Gasteiger partial charge in [0.15, 0.2) is 0 Å². The number of cyclic esters (lactones) is 2. The van der Waals surface area contributed by atoms with E-state index < -0.39 is 205 Å². The maximum Gasteiger partial charge on any atom is 0.407 e. The van der Waals surface area contributed by atoms with Crippen LogP contribution in [0.25, 0.3) is 0 Å². The van der Waals surface area contributed by atoms with Crippen LogP contribution >= 0.6 is 0 Å². The molecule has 4 saturated heterocycles. The molecular formula is C96H146N4O28. The van der Waals surface area contributed by atoms with E-state index >= 15 is 0 Å². The normalized spacial score (nSPS) is 37.8. The summed E-state index contributed by atoms with van der Waals surface area (Å²) >= 11 is 0. The molecule has 0 radical (unpaired) electrons. The first-order chi connectivity index (χ1) is 60.8. The Morgan fingerprint density at radius 2 is 0.805 bits per heavy atom. The van der Waals surface area contributed by atoms with Crippen LogP contribution in [0.1, 0.15) is 222 Å². The van der Waals surface area contributed by atoms with Gasteiger partial charge >= 0.3 is 24.1 Å². The van der Waals surface area contributed by atoms with Crippen molar-refractivity contribution in [1.29, 1.82) is 0 Å². The van der Waals surface area contributed by atoms with Gasteiger partial charge < -0.3 is 108 Å². The fourth-order valence-electron chi connectivity index (χ4n) is 20.4. The number of ketones is 4. The average molecular weight is 1800 g/mol. The van der Waals surface area contributed by atoms with Gasteiger partial charge in [0.05, 0.1) is 74.3 Å². The van der Waals surface area contributed by atoms with Crippen molar-refractivity contribution < 1.29 is 135 Å². The summed E-state index contributed by atoms with van der Waals surface area (Å²) in [5.41, 5.74) is 4.00. The Morgan fingerprint density at radius 3 is 1.15 bits per heavy atom. The van der Waals surface area contributed by atoms with Crippen LogP contribution in [0.4, 0.5) is 9.59 Å². The highest BCUT2D eigenvalue weighted by Gasteiger charge is 2.59. The van der Waals surface area contributed by atoms with E-state index in [4.69, 9.17) is 56.8 Å². The molecule has 128 heavy (non-hydrogen) atoms. The molecule has 0 spiro atoms. The number of esters is 2. The lowest BCUT2D eigenvalue weighted by Gasteiger charge is -2.47. The summed E-state index contributed by atoms with van der Waals surface area (Å²) in [5.74, 6) is -18.5. The van der Waals surface area contributed by atoms with Crippen LogP contribution in [-0.4, -0.2) is 278 Å². The number of hydrogen-bond acceptors (Lipinski definition) is 28. The van der Waals surface area contributed by atoms with Gasteiger partial charge in [0, 0.05) is 117 Å². The van der Waals surface area contributed by atoms with E-state index in [9.17, 15) is 78.6 Å². The van der Waals surface area contributed by atoms with Crippen molar-refractivity contribution in [3.05, 3.63) is 82.0 Å². The molecule has 32 heteroatoms. The molecule has 4 bridgehead atoms. The van der Waals surface area contributed by atoms with Crippen molar-refractivity contribution in [2.45, 2.75) is 333 Å². The topological polar surface area (TPSA) is 433 Å². The second-order valence-electron chi connectivity index (χ2n) is 37.9. The van der Waals surface area contributed by atoms with Gasteiger partial charge in [-0.25, -0.2) is 19.2 Å². The van der Waals surface area contributed by atoms with Gasteiger partial charge in [-0.2, -0.15) is 0 Å². The van der Waals surface area contributed by atoms with Crippen LogP contribution in [0.2, 0.25) is 0 Å². The molecule has 3 unspecified atom stereocenters. The molecule has 718 valence electrons. The standard InChI is InChI=1S/C96H146N4O28/c1-53-37-55(3)41-79(119-13)85-81(121-15)45-59(7)95(115,127-85)87(107)89(109)99-33-19-17-21-69(99)91(111)125-83(57(5)43-65-27-29-71(101)77(47-65)117-11)61(9)73(103)49-75(105)67(39-53)31-35-123-93(113)97-51-63-23-25-64(26-24-63)52-98-94(114)124-36-32-68-40-54(2)38-56(4)42-80(120-14)86-82(122-16)46-60(8)96(116,128-86)88(108)90(110)100-34-20-18-22-70(100)92(112)126-84(62(10)74(104)50-76(68)106)58(6)44-66-28-30-72(102)78(48-66)118-12/h23-26,39-40,43-44,55-56,59-62,65-74,77-86,101-104,115-116H,17-22,27-38,41-42,45-52H2,1-16H3,(H,97,113)(H,98,114)/b53-39-,54-40+,57-43+,58-44+/t55-,56-,59+,60+,61+,62+,65-,66-,67+,68?,69?,70?,71+,72+,73-,74-,77+,78+,79-,80-,81-,82-,83+,84+,85+,86+,95+,96+/m0/s1. The maximum atomic E-state index is 14.9. The molecule has 2 saturated carbocycles. The molecule has 0 aromatic heterocycles. The number of fused-ring (bicyclic) bond motifs is 6. The number of methoxy groups -OCH3 is 6. The Kier molecular flexibility index (Phi) is 39.5. The molecule has 6 aliphatic heterocycles. The highest BCUT2D eigenvalue weighted by Crippen LogP contribution is 2.43. The number of aliphatic hydroxyl groups is 6. The number of aliphatic hydroxyl groups excluding tert-OH is 4. The lowest BCUT2D eigenvalue weighted by atomic mass is 9.81. The predicted octanol–water partition coefficient (Wildman–Crippen LogP) is 9.07. The Balaban J connectivity index is 0.860. The van der Waals surface area contributed by atoms with Gasteiger partial charge in [0.25, 0.3) is 23.4 Å². The Labute approximate surface area is 754 Å². The number of carbonyl (C=O) groups excluding carboxylic acids is 10. The number of hydrogen-bond donors (Lipinski definition) is 8. The first-order valence-electron chi connectivity index (χ1n) is 46.3. The van der Waals surface area contributed by atoms with Crippen LogP contribution in [0, 0.1) is 59.2 Å². The summed E-state index contributed by atoms with van der Waals surface area (Å²) < 4.78 is 72.0. The number of allylic oxidation sites excluding steroid dienone is 6. The fourth-order valence-corrected chi connectivity index (χ4v) is 20.4. The third-order valence-corrected chi connectivity index (χ3v) is 28.1. The zero-order chi connectivity index (χ0) is 93.8. The van der Waals surface area contributed by atoms with Gasteiger partial charge in [0.2, 0.25) is 11.6 Å². The number of nitrogens with one attached hydrogen (secondary N) is 2. The highest BCUT2D eigenvalue weighted by molar-refractivity contribution is 6.39. The summed E-state index contributed by atoms with van der Waals surface area (Å²) in [6.07, 6.45) is -0.410. The molecule has 1 aromatic carbocycles. The number of Topliss-reactive ketones (excluding diaryl/α,β-unsaturated/α-hetero) is 4. The number of ether oxygens (including phenoxy) is 12. The van der Waals surface area contributed by atoms with E-state index in [0.717, 1.165) is 20.9 Å². The molecule has 6 fully saturated rings. The number of amides is 4. The average Bonchev–Trinajstić information content (AvgIpc) is 0.776. The Hall–Kier alpha value is -7.28. The number of nitrogens with zero attached hydrogens (tertiary/aromatic N) is 2. The van der Waals surface area contributed by atoms with Crippen molar-refractivity contribution in [1.82, 2.24) is 20.4 Å². The quantitative estimate of drug-likeness (QED) is 0.0261. The van der Waals surface area contributed by atoms with Crippen LogP contribution in [0.3, 0.4) is 0 Å². The molecule has 2 aliphatic carbocycles. The van der Waals surface area contributed by atoms with Gasteiger partial charge in [-0.3, -0.25) is 28.8 Å². The summed E-state index contributed by atoms with van der Waals surface area (Å²) in [6.45, 7) is 17.3. The molecule has 8 aliphatic rings. The first-order valence-corrected chi connectivity index (χ1v) is 46.3. The third-order valence-electron chi connectivity index (χ3n) is 28.1. The Morgan fingerprint density at radius 1 is 0.461 bits per heavy atom. The van der Waals surface area contributed by atoms with E-state index in [1.165, 1.54) is 42.7 Å². The smallest absolute Gasteiger partial charge is 0.407 e. The summed E-state index contributed by atoms with van der Waals surface area (Å²) in [6, 6.07) is 4.49. The van der Waals surface area contributed by atoms with Crippen LogP contribution in [-0.2, 0) is 108 Å². The van der Waals surface area contributed by atoms with Crippen molar-refractivity contribution in [3.8, 4) is 0 Å². The monoisotopic (exact) mass is 1800 g/mol. The lowest BCUT2D eigenvalue weighted by Crippen LogP contribution is -2.64. The third kappa shape index (κ3) is 27.0. The largest absolute Gasteiger partial charge is 0.456 e. The number of rotatable bonds is 20. The lowest BCUT2D eigenvalue weighted by molar-refractivity contribution is -0.302. The second kappa shape index (κ2) is 48.4. The van der Waals surface area contributed by atoms with Crippen LogP contribution in [0.5, 0.6) is 0 Å². The highest BCUT2D eigenvalue weighted by atomic mass is 16.7. The number of benzene rings is 1. The number of alkyl carbamates (subject to hydrolysis) is 2. The van der Waals surface area contributed by atoms with Crippen molar-refractivity contribution in [2.75, 3.05) is 69.0 Å². The molecule has 6 heterocycles. The van der Waals surface area contributed by atoms with E-state index in [0.29, 0.717) is 112 Å². The van der Waals surface area contributed by atoms with E-state index in [1.54, 1.807) is 78.0 Å². The zero-order valence-corrected chi connectivity index (χ0v) is 78.0. The first kappa shape index (κ1) is 104. The molecule has 9 rings (SSSR count). The molecule has 1 aromatic rings. The van der Waals surface area contributed by atoms with Crippen molar-refractivity contribution >= 4 is 59.1 Å². The SMILES string of the molecule is CO[C@H]1C[C@@H](C)C/C(C)=C\[C@@H](CCOC(=O)NCc2ccc(CNC(=O)OCCC3/C=C(\C)C[C@H](C)C[C@H](OC)[C@H]4O[C@@](O)(C(=O)C(=O)N5CCCCC5C(=O)O[C@H](/C(C)=C/[C@@H]5CC[C@@H](O)[C@H](OC)C5)[C@H](C)[C@@H](O)CC3=O)[C@H](C)C[C@@H]4OC)cc2)C(=O)C[C@H](O)[C@@H](C)[C@@H](/C(C)=C/[C@@H]2CC[C@@H](O)[C@H](OC)C2)OC(=O)C2CCCCN2C(=O)C(=O)[C@]2(O)O[C@H]1[C@@H](OC)C[C@H]2C. The van der Waals surface area contributed by atoms with Gasteiger partial charge in [-0.05, 0) is 202 Å². The summed E-state index contributed by atoms with van der Waals surface area (Å²) in [5, 5.41) is 76.1. The molecule has 28 atom stereocenters. The maximum absolute atomic E-state index is 14.9. The van der Waals surface area contributed by atoms with Gasteiger partial charge in [0.1, 0.15) is 48.1 Å². The van der Waals surface area contributed by atoms with E-state index in [1.807, 2.05) is 39.8 Å². The van der Waals surface area contributed by atoms with E-state index in [2.05, 4.69) is 10.6 Å². The molecule has 8 N–H and O–H groups in total. The molecular weight excluding hydrogens is 1660 g/mol. The Bertz CT molecular complexity index is 3790. The second-order valence-corrected chi connectivity index (χ2v) is 37.9. The summed E-state index contributed by atoms with van der Waals surface area (Å²) in [4.78, 5) is 147. The minimum absolute atomic E-state index is 0.00138. The van der Waals surface area contributed by atoms with Crippen molar-refractivity contribution in [2.24, 2.45) is 59.2 Å². The molecule has 32 nitrogen and oxygen atoms in total. The molecule has 4 amide bonds.